The molecular weight excluding hydrogens is 208 g/mol. The van der Waals surface area contributed by atoms with Gasteiger partial charge in [0, 0.05) is 20.2 Å². The quantitative estimate of drug-likeness (QED) is 0.605. The number of hydrogen-bond acceptors (Lipinski definition) is 4. The minimum Gasteiger partial charge on any atom is -0.396 e. The summed E-state index contributed by atoms with van der Waals surface area (Å²) in [6.07, 6.45) is 3.99. The molecule has 1 rings (SSSR count). The fourth-order valence-electron chi connectivity index (χ4n) is 1.41. The molecule has 0 atom stereocenters. The average molecular weight is 226 g/mol. The van der Waals surface area contributed by atoms with E-state index in [0.717, 1.165) is 19.3 Å². The summed E-state index contributed by atoms with van der Waals surface area (Å²) in [5.74, 6) is 0.169. The molecule has 90 valence electrons. The van der Waals surface area contributed by atoms with E-state index in [2.05, 4.69) is 10.2 Å². The molecule has 0 radical (unpaired) electrons. The molecule has 0 aliphatic heterocycles. The molecule has 0 aliphatic carbocycles. The summed E-state index contributed by atoms with van der Waals surface area (Å²) in [5, 5.41) is 14.9. The number of aliphatic hydroxyl groups excluding tert-OH is 1. The lowest BCUT2D eigenvalue weighted by Gasteiger charge is -2.16. The van der Waals surface area contributed by atoms with Crippen molar-refractivity contribution < 1.29 is 9.90 Å². The second-order valence-corrected chi connectivity index (χ2v) is 3.71. The molecule has 4 N–H and O–H groups in total. The third-order valence-corrected chi connectivity index (χ3v) is 2.40. The Labute approximate surface area is 94.4 Å². The van der Waals surface area contributed by atoms with Gasteiger partial charge >= 0.3 is 0 Å². The van der Waals surface area contributed by atoms with Gasteiger partial charge in [0.1, 0.15) is 11.4 Å². The van der Waals surface area contributed by atoms with E-state index in [4.69, 9.17) is 10.8 Å². The van der Waals surface area contributed by atoms with Crippen molar-refractivity contribution in [2.45, 2.75) is 19.3 Å². The predicted octanol–water partition coefficient (Wildman–Crippen LogP) is 0.226. The second kappa shape index (κ2) is 6.12. The summed E-state index contributed by atoms with van der Waals surface area (Å²) in [6.45, 7) is 0.857. The van der Waals surface area contributed by atoms with Gasteiger partial charge in [-0.2, -0.15) is 5.10 Å². The molecule has 0 saturated carbocycles. The zero-order valence-corrected chi connectivity index (χ0v) is 9.44. The zero-order valence-electron chi connectivity index (χ0n) is 9.44. The molecule has 16 heavy (non-hydrogen) atoms. The number of hydrogen-bond donors (Lipinski definition) is 3. The van der Waals surface area contributed by atoms with Crippen molar-refractivity contribution in [2.75, 3.05) is 25.9 Å². The van der Waals surface area contributed by atoms with Gasteiger partial charge in [0.15, 0.2) is 0 Å². The van der Waals surface area contributed by atoms with Crippen molar-refractivity contribution in [1.29, 1.82) is 0 Å². The first-order valence-electron chi connectivity index (χ1n) is 5.32. The Morgan fingerprint density at radius 3 is 2.88 bits per heavy atom. The van der Waals surface area contributed by atoms with E-state index in [9.17, 15) is 4.79 Å². The van der Waals surface area contributed by atoms with Crippen molar-refractivity contribution in [3.63, 3.8) is 0 Å². The van der Waals surface area contributed by atoms with E-state index in [1.54, 1.807) is 11.9 Å². The number of nitrogens with one attached hydrogen (secondary N) is 1. The number of aromatic amines is 1. The number of aromatic nitrogens is 2. The Morgan fingerprint density at radius 1 is 1.56 bits per heavy atom. The normalized spacial score (nSPS) is 10.4. The van der Waals surface area contributed by atoms with Crippen molar-refractivity contribution in [1.82, 2.24) is 15.1 Å². The van der Waals surface area contributed by atoms with Crippen LogP contribution < -0.4 is 5.73 Å². The number of aliphatic hydroxyl groups is 1. The highest BCUT2D eigenvalue weighted by Gasteiger charge is 2.15. The van der Waals surface area contributed by atoms with Gasteiger partial charge in [-0.25, -0.2) is 0 Å². The number of carbonyl (C=O) groups is 1. The summed E-state index contributed by atoms with van der Waals surface area (Å²) in [6, 6.07) is 0. The number of nitrogens with two attached hydrogens (primary N) is 1. The van der Waals surface area contributed by atoms with Gasteiger partial charge in [0.25, 0.3) is 5.91 Å². The number of anilines is 1. The summed E-state index contributed by atoms with van der Waals surface area (Å²) in [7, 11) is 1.73. The largest absolute Gasteiger partial charge is 0.396 e. The van der Waals surface area contributed by atoms with E-state index in [-0.39, 0.29) is 12.5 Å². The lowest BCUT2D eigenvalue weighted by molar-refractivity contribution is 0.0793. The van der Waals surface area contributed by atoms with Gasteiger partial charge in [0.2, 0.25) is 0 Å². The SMILES string of the molecule is CN(CCCCCO)C(=O)c1cn[nH]c1N. The molecule has 0 aliphatic rings. The van der Waals surface area contributed by atoms with Gasteiger partial charge in [0.05, 0.1) is 6.20 Å². The first kappa shape index (κ1) is 12.5. The highest BCUT2D eigenvalue weighted by Crippen LogP contribution is 2.09. The molecule has 1 heterocycles. The van der Waals surface area contributed by atoms with Gasteiger partial charge in [-0.15, -0.1) is 0 Å². The van der Waals surface area contributed by atoms with Crippen molar-refractivity contribution in [2.24, 2.45) is 0 Å². The number of carbonyl (C=O) groups excluding carboxylic acids is 1. The minimum absolute atomic E-state index is 0.129. The minimum atomic E-state index is -0.129. The lowest BCUT2D eigenvalue weighted by atomic mass is 10.2. The highest BCUT2D eigenvalue weighted by atomic mass is 16.2. The van der Waals surface area contributed by atoms with Crippen molar-refractivity contribution in [3.05, 3.63) is 11.8 Å². The Kier molecular flexibility index (Phi) is 4.78. The third kappa shape index (κ3) is 3.23. The smallest absolute Gasteiger partial charge is 0.258 e. The zero-order chi connectivity index (χ0) is 12.0. The molecule has 6 nitrogen and oxygen atoms in total. The monoisotopic (exact) mass is 226 g/mol. The first-order valence-corrected chi connectivity index (χ1v) is 5.32. The van der Waals surface area contributed by atoms with E-state index in [0.29, 0.717) is 17.9 Å². The molecule has 0 spiro atoms. The highest BCUT2D eigenvalue weighted by molar-refractivity contribution is 5.97. The Hall–Kier alpha value is -1.56. The van der Waals surface area contributed by atoms with Crippen LogP contribution in [0.2, 0.25) is 0 Å². The Bertz CT molecular complexity index is 337. The maximum Gasteiger partial charge on any atom is 0.258 e. The Morgan fingerprint density at radius 2 is 2.31 bits per heavy atom. The second-order valence-electron chi connectivity index (χ2n) is 3.71. The van der Waals surface area contributed by atoms with Crippen LogP contribution >= 0.6 is 0 Å². The Balaban J connectivity index is 2.40. The predicted molar refractivity (Wildman–Crippen MR) is 60.9 cm³/mol. The summed E-state index contributed by atoms with van der Waals surface area (Å²) < 4.78 is 0. The van der Waals surface area contributed by atoms with Crippen molar-refractivity contribution >= 4 is 11.7 Å². The number of rotatable bonds is 6. The first-order chi connectivity index (χ1) is 7.66. The fraction of sp³-hybridized carbons (Fsp3) is 0.600. The van der Waals surface area contributed by atoms with Gasteiger partial charge in [-0.3, -0.25) is 9.89 Å². The third-order valence-electron chi connectivity index (χ3n) is 2.40. The molecule has 1 amide bonds. The van der Waals surface area contributed by atoms with Gasteiger partial charge in [-0.1, -0.05) is 0 Å². The lowest BCUT2D eigenvalue weighted by Crippen LogP contribution is -2.28. The number of nitrogen functional groups attached to an aromatic ring is 1. The van der Waals surface area contributed by atoms with Crippen LogP contribution in [0.25, 0.3) is 0 Å². The molecule has 1 aromatic heterocycles. The molecule has 0 bridgehead atoms. The molecule has 0 saturated heterocycles. The number of unbranched alkanes of at least 4 members (excludes halogenated alkanes) is 2. The fourth-order valence-corrected chi connectivity index (χ4v) is 1.41. The van der Waals surface area contributed by atoms with Crippen molar-refractivity contribution in [3.8, 4) is 0 Å². The van der Waals surface area contributed by atoms with E-state index >= 15 is 0 Å². The summed E-state index contributed by atoms with van der Waals surface area (Å²) in [4.78, 5) is 13.4. The number of H-pyrrole nitrogens is 1. The van der Waals surface area contributed by atoms with E-state index in [1.165, 1.54) is 6.20 Å². The van der Waals surface area contributed by atoms with Gasteiger partial charge < -0.3 is 15.7 Å². The number of amides is 1. The molecule has 0 aromatic carbocycles. The molecule has 1 aromatic rings. The van der Waals surface area contributed by atoms with Gasteiger partial charge in [-0.05, 0) is 19.3 Å². The van der Waals surface area contributed by atoms with Crippen LogP contribution in [0.5, 0.6) is 0 Å². The standard InChI is InChI=1S/C10H18N4O2/c1-14(5-3-2-4-6-15)10(16)8-7-12-13-9(8)11/h7,15H,2-6H2,1H3,(H3,11,12,13). The molecule has 0 unspecified atom stereocenters. The van der Waals surface area contributed by atoms with E-state index in [1.807, 2.05) is 0 Å². The summed E-state index contributed by atoms with van der Waals surface area (Å²) >= 11 is 0. The summed E-state index contributed by atoms with van der Waals surface area (Å²) in [5.41, 5.74) is 5.96. The topological polar surface area (TPSA) is 95.2 Å². The maximum absolute atomic E-state index is 11.8. The molecular formula is C10H18N4O2. The number of nitrogens with zero attached hydrogens (tertiary/aromatic N) is 2. The van der Waals surface area contributed by atoms with Crippen LogP contribution in [0.15, 0.2) is 6.20 Å². The van der Waals surface area contributed by atoms with Crippen LogP contribution in [-0.2, 0) is 0 Å². The van der Waals surface area contributed by atoms with Crippen LogP contribution in [0, 0.1) is 0 Å². The maximum atomic E-state index is 11.8. The average Bonchev–Trinajstić information content (AvgIpc) is 2.69. The molecule has 0 fully saturated rings. The van der Waals surface area contributed by atoms with E-state index < -0.39 is 0 Å². The van der Waals surface area contributed by atoms with Crippen LogP contribution in [-0.4, -0.2) is 46.3 Å². The van der Waals surface area contributed by atoms with Crippen LogP contribution in [0.4, 0.5) is 5.82 Å². The van der Waals surface area contributed by atoms with Crippen LogP contribution in [0.1, 0.15) is 29.6 Å². The van der Waals surface area contributed by atoms with Crippen LogP contribution in [0.3, 0.4) is 0 Å². The molecule has 6 heteroatoms.